The summed E-state index contributed by atoms with van der Waals surface area (Å²) in [5.74, 6) is 0.947. The first-order chi connectivity index (χ1) is 15.5. The van der Waals surface area contributed by atoms with Crippen molar-refractivity contribution >= 4 is 38.4 Å². The van der Waals surface area contributed by atoms with E-state index in [0.717, 1.165) is 10.4 Å². The van der Waals surface area contributed by atoms with Crippen LogP contribution in [0.2, 0.25) is 0 Å². The van der Waals surface area contributed by atoms with Crippen LogP contribution in [0.15, 0.2) is 60.8 Å². The van der Waals surface area contributed by atoms with E-state index < -0.39 is 0 Å². The van der Waals surface area contributed by atoms with Crippen LogP contribution in [0.5, 0.6) is 11.5 Å². The van der Waals surface area contributed by atoms with Crippen molar-refractivity contribution in [3.63, 3.8) is 0 Å². The predicted octanol–water partition coefficient (Wildman–Crippen LogP) is 4.76. The Kier molecular flexibility index (Phi) is 6.13. The Bertz CT molecular complexity index is 1230. The van der Waals surface area contributed by atoms with Crippen molar-refractivity contribution in [2.75, 3.05) is 19.1 Å². The predicted molar refractivity (Wildman–Crippen MR) is 124 cm³/mol. The lowest BCUT2D eigenvalue weighted by Crippen LogP contribution is -2.30. The molecule has 0 radical (unpaired) electrons. The van der Waals surface area contributed by atoms with Gasteiger partial charge in [0.25, 0.3) is 5.91 Å². The molecule has 0 atom stereocenters. The zero-order valence-corrected chi connectivity index (χ0v) is 18.7. The van der Waals surface area contributed by atoms with Gasteiger partial charge in [-0.2, -0.15) is 0 Å². The lowest BCUT2D eigenvalue weighted by atomic mass is 10.1. The monoisotopic (exact) mass is 447 g/mol. The molecule has 0 N–H and O–H groups in total. The van der Waals surface area contributed by atoms with Gasteiger partial charge in [-0.1, -0.05) is 29.5 Å². The quantitative estimate of drug-likeness (QED) is 0.380. The molecule has 0 aliphatic heterocycles. The van der Waals surface area contributed by atoms with Gasteiger partial charge in [-0.3, -0.25) is 19.5 Å². The second kappa shape index (κ2) is 9.15. The Morgan fingerprint density at radius 1 is 0.938 bits per heavy atom. The summed E-state index contributed by atoms with van der Waals surface area (Å²) in [5, 5.41) is 0.495. The van der Waals surface area contributed by atoms with Crippen LogP contribution in [0.1, 0.15) is 33.3 Å². The number of anilines is 1. The van der Waals surface area contributed by atoms with Gasteiger partial charge >= 0.3 is 0 Å². The fourth-order valence-corrected chi connectivity index (χ4v) is 4.35. The molecule has 0 aliphatic carbocycles. The molecule has 4 rings (SSSR count). The van der Waals surface area contributed by atoms with Crippen LogP contribution in [0.25, 0.3) is 10.2 Å². The molecule has 0 aliphatic rings. The number of carbonyl (C=O) groups is 2. The fourth-order valence-electron chi connectivity index (χ4n) is 3.27. The van der Waals surface area contributed by atoms with Crippen molar-refractivity contribution in [3.8, 4) is 11.5 Å². The first-order valence-corrected chi connectivity index (χ1v) is 10.7. The maximum Gasteiger partial charge on any atom is 0.260 e. The highest BCUT2D eigenvalue weighted by Crippen LogP contribution is 2.40. The molecule has 0 fully saturated rings. The molecule has 0 unspecified atom stereocenters. The standard InChI is InChI=1S/C24H21N3O4S/c1-15(28)16-7-9-17(10-8-16)23(29)27(14-18-6-4-5-13-25-18)24-26-21-19(30-2)11-12-20(31-3)22(21)32-24/h4-13H,14H2,1-3H3. The summed E-state index contributed by atoms with van der Waals surface area (Å²) in [4.78, 5) is 35.8. The zero-order valence-electron chi connectivity index (χ0n) is 17.9. The molecule has 2 aromatic carbocycles. The Morgan fingerprint density at radius 2 is 1.62 bits per heavy atom. The zero-order chi connectivity index (χ0) is 22.7. The summed E-state index contributed by atoms with van der Waals surface area (Å²) in [6.07, 6.45) is 1.68. The molecule has 32 heavy (non-hydrogen) atoms. The van der Waals surface area contributed by atoms with Gasteiger partial charge in [0, 0.05) is 17.3 Å². The van der Waals surface area contributed by atoms with E-state index in [2.05, 4.69) is 4.98 Å². The van der Waals surface area contributed by atoms with Gasteiger partial charge in [-0.25, -0.2) is 4.98 Å². The molecule has 2 aromatic heterocycles. The first-order valence-electron chi connectivity index (χ1n) is 9.86. The summed E-state index contributed by atoms with van der Waals surface area (Å²) in [5.41, 5.74) is 2.34. The molecule has 0 spiro atoms. The second-order valence-electron chi connectivity index (χ2n) is 6.99. The van der Waals surface area contributed by atoms with E-state index in [1.165, 1.54) is 18.3 Å². The third-order valence-electron chi connectivity index (χ3n) is 4.96. The smallest absolute Gasteiger partial charge is 0.260 e. The molecule has 1 amide bonds. The van der Waals surface area contributed by atoms with Crippen LogP contribution in [0, 0.1) is 0 Å². The highest BCUT2D eigenvalue weighted by molar-refractivity contribution is 7.22. The van der Waals surface area contributed by atoms with Gasteiger partial charge in [-0.05, 0) is 43.3 Å². The minimum Gasteiger partial charge on any atom is -0.495 e. The summed E-state index contributed by atoms with van der Waals surface area (Å²) in [7, 11) is 3.17. The van der Waals surface area contributed by atoms with Gasteiger partial charge in [0.15, 0.2) is 10.9 Å². The number of nitrogens with zero attached hydrogens (tertiary/aromatic N) is 3. The number of ether oxygens (including phenoxy) is 2. The number of pyridine rings is 1. The molecule has 4 aromatic rings. The van der Waals surface area contributed by atoms with Crippen molar-refractivity contribution < 1.29 is 19.1 Å². The van der Waals surface area contributed by atoms with Gasteiger partial charge in [0.1, 0.15) is 21.7 Å². The summed E-state index contributed by atoms with van der Waals surface area (Å²) in [6.45, 7) is 1.73. The normalized spacial score (nSPS) is 10.7. The van der Waals surface area contributed by atoms with E-state index in [1.807, 2.05) is 24.3 Å². The number of Topliss-reactive ketones (excluding diaryl/α,β-unsaturated/α-hetero) is 1. The van der Waals surface area contributed by atoms with Crippen molar-refractivity contribution in [3.05, 3.63) is 77.6 Å². The number of ketones is 1. The number of amides is 1. The van der Waals surface area contributed by atoms with Gasteiger partial charge in [0.2, 0.25) is 0 Å². The average Bonchev–Trinajstić information content (AvgIpc) is 3.27. The van der Waals surface area contributed by atoms with Crippen LogP contribution in [0.3, 0.4) is 0 Å². The topological polar surface area (TPSA) is 81.6 Å². The van der Waals surface area contributed by atoms with Crippen LogP contribution >= 0.6 is 11.3 Å². The van der Waals surface area contributed by atoms with E-state index in [1.54, 1.807) is 55.6 Å². The Hall–Kier alpha value is -3.78. The number of aromatic nitrogens is 2. The molecule has 0 saturated carbocycles. The fraction of sp³-hybridized carbons (Fsp3) is 0.167. The molecule has 7 nitrogen and oxygen atoms in total. The van der Waals surface area contributed by atoms with Gasteiger partial charge < -0.3 is 9.47 Å². The number of hydrogen-bond acceptors (Lipinski definition) is 7. The second-order valence-corrected chi connectivity index (χ2v) is 7.97. The molecular weight excluding hydrogens is 426 g/mol. The van der Waals surface area contributed by atoms with Crippen molar-refractivity contribution in [1.29, 1.82) is 0 Å². The lowest BCUT2D eigenvalue weighted by molar-refractivity contribution is 0.0980. The first kappa shape index (κ1) is 21.5. The third kappa shape index (κ3) is 4.17. The average molecular weight is 448 g/mol. The molecule has 0 saturated heterocycles. The highest BCUT2D eigenvalue weighted by atomic mass is 32.1. The molecule has 8 heteroatoms. The van der Waals surface area contributed by atoms with Crippen LogP contribution in [-0.4, -0.2) is 35.9 Å². The molecule has 2 heterocycles. The Labute approximate surface area is 189 Å². The molecule has 162 valence electrons. The summed E-state index contributed by atoms with van der Waals surface area (Å²) in [6, 6.07) is 15.8. The highest BCUT2D eigenvalue weighted by Gasteiger charge is 2.24. The number of fused-ring (bicyclic) bond motifs is 1. The number of thiazole rings is 1. The van der Waals surface area contributed by atoms with Gasteiger partial charge in [0.05, 0.1) is 26.5 Å². The number of hydrogen-bond donors (Lipinski definition) is 0. The Balaban J connectivity index is 1.80. The minimum absolute atomic E-state index is 0.0558. The lowest BCUT2D eigenvalue weighted by Gasteiger charge is -2.19. The third-order valence-corrected chi connectivity index (χ3v) is 6.05. The van der Waals surface area contributed by atoms with Crippen molar-refractivity contribution in [2.45, 2.75) is 13.5 Å². The number of rotatable bonds is 7. The van der Waals surface area contributed by atoms with Crippen LogP contribution in [-0.2, 0) is 6.54 Å². The minimum atomic E-state index is -0.247. The summed E-state index contributed by atoms with van der Waals surface area (Å²) >= 11 is 1.34. The maximum atomic E-state index is 13.5. The van der Waals surface area contributed by atoms with Crippen LogP contribution < -0.4 is 14.4 Å². The van der Waals surface area contributed by atoms with E-state index in [0.29, 0.717) is 33.3 Å². The van der Waals surface area contributed by atoms with E-state index in [-0.39, 0.29) is 18.2 Å². The van der Waals surface area contributed by atoms with E-state index in [4.69, 9.17) is 14.5 Å². The van der Waals surface area contributed by atoms with Gasteiger partial charge in [-0.15, -0.1) is 0 Å². The van der Waals surface area contributed by atoms with Crippen molar-refractivity contribution in [1.82, 2.24) is 9.97 Å². The van der Waals surface area contributed by atoms with E-state index in [9.17, 15) is 9.59 Å². The SMILES string of the molecule is COc1ccc(OC)c2sc(N(Cc3ccccn3)C(=O)c3ccc(C(C)=O)cc3)nc12. The Morgan fingerprint density at radius 3 is 2.25 bits per heavy atom. The number of carbonyl (C=O) groups excluding carboxylic acids is 2. The van der Waals surface area contributed by atoms with E-state index >= 15 is 0 Å². The number of methoxy groups -OCH3 is 2. The number of benzene rings is 2. The summed E-state index contributed by atoms with van der Waals surface area (Å²) < 4.78 is 11.7. The molecular formula is C24H21N3O4S. The largest absolute Gasteiger partial charge is 0.495 e. The maximum absolute atomic E-state index is 13.5. The van der Waals surface area contributed by atoms with Crippen LogP contribution in [0.4, 0.5) is 5.13 Å². The van der Waals surface area contributed by atoms with Crippen molar-refractivity contribution in [2.24, 2.45) is 0 Å². The molecule has 0 bridgehead atoms.